The summed E-state index contributed by atoms with van der Waals surface area (Å²) in [7, 11) is 0. The van der Waals surface area contributed by atoms with Crippen molar-refractivity contribution in [2.75, 3.05) is 13.2 Å². The number of rotatable bonds is 63. The van der Waals surface area contributed by atoms with E-state index in [1.54, 1.807) is 0 Å². The van der Waals surface area contributed by atoms with E-state index >= 15 is 0 Å². The molecule has 0 aliphatic carbocycles. The van der Waals surface area contributed by atoms with Gasteiger partial charge in [-0.1, -0.05) is 325 Å². The minimum absolute atomic E-state index is 0.0894. The largest absolute Gasteiger partial charge is 0.462 e. The monoisotopic (exact) mass is 1100 g/mol. The van der Waals surface area contributed by atoms with Gasteiger partial charge in [0.1, 0.15) is 13.2 Å². The zero-order valence-corrected chi connectivity index (χ0v) is 52.6. The molecule has 0 saturated heterocycles. The molecular formula is C73H130O6. The van der Waals surface area contributed by atoms with E-state index in [9.17, 15) is 14.4 Å². The molecule has 0 aromatic rings. The lowest BCUT2D eigenvalue weighted by atomic mass is 10.0. The maximum atomic E-state index is 12.9. The second kappa shape index (κ2) is 67.4. The van der Waals surface area contributed by atoms with Crippen LogP contribution in [0.2, 0.25) is 0 Å². The predicted molar refractivity (Wildman–Crippen MR) is 344 cm³/mol. The first-order valence-electron chi connectivity index (χ1n) is 34.4. The zero-order chi connectivity index (χ0) is 57.1. The zero-order valence-electron chi connectivity index (χ0n) is 52.6. The Kier molecular flexibility index (Phi) is 64.7. The fraction of sp³-hybridized carbons (Fsp3) is 0.795. The molecule has 0 aromatic carbocycles. The highest BCUT2D eigenvalue weighted by molar-refractivity contribution is 5.71. The van der Waals surface area contributed by atoms with Crippen molar-refractivity contribution in [2.45, 2.75) is 361 Å². The summed E-state index contributed by atoms with van der Waals surface area (Å²) in [6.07, 6.45) is 87.9. The average molecular weight is 1100 g/mol. The van der Waals surface area contributed by atoms with E-state index in [1.807, 2.05) is 0 Å². The maximum absolute atomic E-state index is 12.9. The normalized spacial score (nSPS) is 12.5. The van der Waals surface area contributed by atoms with Crippen molar-refractivity contribution in [3.63, 3.8) is 0 Å². The van der Waals surface area contributed by atoms with Crippen LogP contribution in [-0.2, 0) is 28.6 Å². The topological polar surface area (TPSA) is 78.9 Å². The predicted octanol–water partition coefficient (Wildman–Crippen LogP) is 23.7. The lowest BCUT2D eigenvalue weighted by molar-refractivity contribution is -0.167. The molecule has 0 aromatic heterocycles. The number of hydrogen-bond acceptors (Lipinski definition) is 6. The molecule has 79 heavy (non-hydrogen) atoms. The van der Waals surface area contributed by atoms with Crippen molar-refractivity contribution < 1.29 is 28.6 Å². The minimum atomic E-state index is -0.798. The highest BCUT2D eigenvalue weighted by Gasteiger charge is 2.19. The van der Waals surface area contributed by atoms with Gasteiger partial charge in [-0.3, -0.25) is 14.4 Å². The van der Waals surface area contributed by atoms with Gasteiger partial charge in [-0.05, 0) is 83.5 Å². The van der Waals surface area contributed by atoms with E-state index < -0.39 is 6.10 Å². The summed E-state index contributed by atoms with van der Waals surface area (Å²) in [5, 5.41) is 0. The fourth-order valence-electron chi connectivity index (χ4n) is 10.1. The first kappa shape index (κ1) is 75.8. The molecular weight excluding hydrogens is 973 g/mol. The van der Waals surface area contributed by atoms with Gasteiger partial charge < -0.3 is 14.2 Å². The van der Waals surface area contributed by atoms with Crippen molar-refractivity contribution >= 4 is 17.9 Å². The summed E-state index contributed by atoms with van der Waals surface area (Å²) >= 11 is 0. The van der Waals surface area contributed by atoms with Gasteiger partial charge in [-0.15, -0.1) is 0 Å². The Morgan fingerprint density at radius 1 is 0.266 bits per heavy atom. The molecule has 1 unspecified atom stereocenters. The van der Waals surface area contributed by atoms with Gasteiger partial charge in [-0.2, -0.15) is 0 Å². The van der Waals surface area contributed by atoms with Crippen molar-refractivity contribution in [3.05, 3.63) is 72.9 Å². The highest BCUT2D eigenvalue weighted by Crippen LogP contribution is 2.18. The van der Waals surface area contributed by atoms with Gasteiger partial charge in [-0.25, -0.2) is 0 Å². The van der Waals surface area contributed by atoms with E-state index in [-0.39, 0.29) is 37.5 Å². The Morgan fingerprint density at radius 3 is 0.835 bits per heavy atom. The summed E-state index contributed by atoms with van der Waals surface area (Å²) in [4.78, 5) is 38.4. The van der Waals surface area contributed by atoms with Crippen LogP contribution < -0.4 is 0 Å². The molecule has 0 saturated carbocycles. The number of carbonyl (C=O) groups is 3. The molecule has 0 aliphatic heterocycles. The molecule has 0 fully saturated rings. The first-order valence-corrected chi connectivity index (χ1v) is 34.4. The average Bonchev–Trinajstić information content (AvgIpc) is 3.45. The first-order chi connectivity index (χ1) is 39.0. The van der Waals surface area contributed by atoms with Crippen molar-refractivity contribution in [2.24, 2.45) is 0 Å². The summed E-state index contributed by atoms with van der Waals surface area (Å²) < 4.78 is 16.9. The summed E-state index contributed by atoms with van der Waals surface area (Å²) in [6, 6.07) is 0. The van der Waals surface area contributed by atoms with E-state index in [0.717, 1.165) is 77.0 Å². The molecule has 6 nitrogen and oxygen atoms in total. The van der Waals surface area contributed by atoms with Crippen LogP contribution in [0.5, 0.6) is 0 Å². The third-order valence-electron chi connectivity index (χ3n) is 15.2. The SMILES string of the molecule is CC/C=C\C/C=C\C/C=C\C/C=C\C/C=C\CCCC(=O)OCC(COC(=O)CCCCCCCCCCCCCCC/C=C\CCCCCCCCCC)OC(=O)CCCCCCCCCCCCCCCCCCCCC. The van der Waals surface area contributed by atoms with Gasteiger partial charge in [0, 0.05) is 19.3 Å². The maximum Gasteiger partial charge on any atom is 0.306 e. The van der Waals surface area contributed by atoms with Crippen LogP contribution in [-0.4, -0.2) is 37.2 Å². The third kappa shape index (κ3) is 65.5. The fourth-order valence-corrected chi connectivity index (χ4v) is 10.1. The van der Waals surface area contributed by atoms with Crippen LogP contribution in [0.15, 0.2) is 72.9 Å². The summed E-state index contributed by atoms with van der Waals surface area (Å²) in [6.45, 7) is 6.54. The lowest BCUT2D eigenvalue weighted by Gasteiger charge is -2.18. The van der Waals surface area contributed by atoms with Gasteiger partial charge in [0.15, 0.2) is 6.10 Å². The minimum Gasteiger partial charge on any atom is -0.462 e. The summed E-state index contributed by atoms with van der Waals surface area (Å²) in [5.74, 6) is -0.929. The number of esters is 3. The Hall–Kier alpha value is -3.15. The molecule has 0 amide bonds. The lowest BCUT2D eigenvalue weighted by Crippen LogP contribution is -2.30. The van der Waals surface area contributed by atoms with Crippen LogP contribution in [0, 0.1) is 0 Å². The number of unbranched alkanes of at least 4 members (excludes halogenated alkanes) is 40. The van der Waals surface area contributed by atoms with Crippen molar-refractivity contribution in [3.8, 4) is 0 Å². The molecule has 1 atom stereocenters. The molecule has 0 radical (unpaired) electrons. The van der Waals surface area contributed by atoms with Gasteiger partial charge in [0.2, 0.25) is 0 Å². The Morgan fingerprint density at radius 2 is 0.506 bits per heavy atom. The molecule has 0 bridgehead atoms. The van der Waals surface area contributed by atoms with Crippen LogP contribution in [0.1, 0.15) is 355 Å². The molecule has 0 N–H and O–H groups in total. The van der Waals surface area contributed by atoms with Crippen molar-refractivity contribution in [1.82, 2.24) is 0 Å². The Bertz CT molecular complexity index is 1450. The number of carbonyl (C=O) groups excluding carboxylic acids is 3. The standard InChI is InChI=1S/C73H130O6/c1-4-7-10-13-16-19-22-25-28-31-33-34-35-36-37-38-40-42-45-48-51-54-57-60-63-66-72(75)78-69-70(68-77-71(74)65-62-59-56-53-50-47-44-41-30-27-24-21-18-15-12-9-6-3)79-73(76)67-64-61-58-55-52-49-46-43-39-32-29-26-23-20-17-14-11-8-5-2/h9,12,18,21,27,30-31,33,44,47,53,56,70H,4-8,10-11,13-17,19-20,22-26,28-29,32,34-43,45-46,48-52,54-55,57-69H2,1-3H3/b12-9-,21-18-,30-27-,33-31-,47-44-,56-53-. The second-order valence-electron chi connectivity index (χ2n) is 23.1. The van der Waals surface area contributed by atoms with Crippen LogP contribution >= 0.6 is 0 Å². The van der Waals surface area contributed by atoms with Gasteiger partial charge in [0.05, 0.1) is 0 Å². The Labute approximate surface area is 491 Å². The molecule has 0 rings (SSSR count). The number of allylic oxidation sites excluding steroid dienone is 12. The highest BCUT2D eigenvalue weighted by atomic mass is 16.6. The van der Waals surface area contributed by atoms with E-state index in [1.165, 1.54) is 231 Å². The summed E-state index contributed by atoms with van der Waals surface area (Å²) in [5.41, 5.74) is 0. The van der Waals surface area contributed by atoms with Gasteiger partial charge >= 0.3 is 17.9 Å². The van der Waals surface area contributed by atoms with Crippen LogP contribution in [0.25, 0.3) is 0 Å². The molecule has 0 aliphatic rings. The molecule has 458 valence electrons. The van der Waals surface area contributed by atoms with Crippen LogP contribution in [0.4, 0.5) is 0 Å². The number of hydrogen-bond donors (Lipinski definition) is 0. The number of ether oxygens (including phenoxy) is 3. The quantitative estimate of drug-likeness (QED) is 0.0261. The molecule has 0 spiro atoms. The third-order valence-corrected chi connectivity index (χ3v) is 15.2. The van der Waals surface area contributed by atoms with Crippen molar-refractivity contribution in [1.29, 1.82) is 0 Å². The van der Waals surface area contributed by atoms with Gasteiger partial charge in [0.25, 0.3) is 0 Å². The van der Waals surface area contributed by atoms with E-state index in [2.05, 4.69) is 93.7 Å². The van der Waals surface area contributed by atoms with E-state index in [4.69, 9.17) is 14.2 Å². The second-order valence-corrected chi connectivity index (χ2v) is 23.1. The molecule has 6 heteroatoms. The van der Waals surface area contributed by atoms with Crippen LogP contribution in [0.3, 0.4) is 0 Å². The van der Waals surface area contributed by atoms with E-state index in [0.29, 0.717) is 19.3 Å². The molecule has 0 heterocycles. The smallest absolute Gasteiger partial charge is 0.306 e. The Balaban J connectivity index is 4.35.